The summed E-state index contributed by atoms with van der Waals surface area (Å²) in [6.07, 6.45) is 3.87. The largest absolute Gasteiger partial charge is 0.477 e. The first kappa shape index (κ1) is 15.1. The van der Waals surface area contributed by atoms with E-state index in [1.807, 2.05) is 0 Å². The first-order valence-corrected chi connectivity index (χ1v) is 8.77. The van der Waals surface area contributed by atoms with Crippen LogP contribution in [0.5, 0.6) is 5.88 Å². The Morgan fingerprint density at radius 3 is 2.77 bits per heavy atom. The molecule has 1 aromatic heterocycles. The summed E-state index contributed by atoms with van der Waals surface area (Å²) in [5.74, 6) is 1.01. The molecule has 0 radical (unpaired) electrons. The Hall–Kier alpha value is -1.79. The second kappa shape index (κ2) is 6.14. The van der Waals surface area contributed by atoms with Crippen molar-refractivity contribution in [1.82, 2.24) is 4.98 Å². The lowest BCUT2D eigenvalue weighted by Gasteiger charge is -2.10. The number of halogens is 1. The van der Waals surface area contributed by atoms with E-state index in [2.05, 4.69) is 9.71 Å². The predicted molar refractivity (Wildman–Crippen MR) is 84.7 cm³/mol. The van der Waals surface area contributed by atoms with Crippen LogP contribution >= 0.6 is 11.6 Å². The van der Waals surface area contributed by atoms with E-state index in [1.54, 1.807) is 24.3 Å². The van der Waals surface area contributed by atoms with Crippen molar-refractivity contribution in [1.29, 1.82) is 0 Å². The van der Waals surface area contributed by atoms with Crippen LogP contribution in [-0.4, -0.2) is 20.0 Å². The molecule has 5 nitrogen and oxygen atoms in total. The van der Waals surface area contributed by atoms with Gasteiger partial charge in [0.05, 0.1) is 17.3 Å². The molecule has 22 heavy (non-hydrogen) atoms. The number of pyridine rings is 1. The molecule has 1 aliphatic rings. The standard InChI is InChI=1S/C15H15ClN2O3S/c16-13-3-1-2-4-14(13)22(19,20)18-12-7-8-17-15(9-12)21-10-11-5-6-11/h1-4,7-9,11H,5-6,10H2,(H,17,18). The number of anilines is 1. The number of aromatic nitrogens is 1. The summed E-state index contributed by atoms with van der Waals surface area (Å²) >= 11 is 5.94. The summed E-state index contributed by atoms with van der Waals surface area (Å²) in [6.45, 7) is 0.619. The SMILES string of the molecule is O=S(=O)(Nc1ccnc(OCC2CC2)c1)c1ccccc1Cl. The van der Waals surface area contributed by atoms with Gasteiger partial charge in [0.2, 0.25) is 5.88 Å². The summed E-state index contributed by atoms with van der Waals surface area (Å²) in [4.78, 5) is 4.11. The van der Waals surface area contributed by atoms with Crippen LogP contribution in [0.1, 0.15) is 12.8 Å². The summed E-state index contributed by atoms with van der Waals surface area (Å²) in [6, 6.07) is 9.42. The summed E-state index contributed by atoms with van der Waals surface area (Å²) in [5.41, 5.74) is 0.390. The summed E-state index contributed by atoms with van der Waals surface area (Å²) in [7, 11) is -3.74. The Labute approximate surface area is 134 Å². The molecule has 1 heterocycles. The zero-order valence-corrected chi connectivity index (χ0v) is 13.3. The van der Waals surface area contributed by atoms with Crippen molar-refractivity contribution < 1.29 is 13.2 Å². The van der Waals surface area contributed by atoms with Crippen molar-refractivity contribution in [3.8, 4) is 5.88 Å². The van der Waals surface area contributed by atoms with Gasteiger partial charge in [-0.1, -0.05) is 23.7 Å². The predicted octanol–water partition coefficient (Wildman–Crippen LogP) is 3.32. The molecule has 1 fully saturated rings. The topological polar surface area (TPSA) is 68.3 Å². The molecule has 0 amide bonds. The fraction of sp³-hybridized carbons (Fsp3) is 0.267. The molecule has 0 bridgehead atoms. The van der Waals surface area contributed by atoms with Gasteiger partial charge >= 0.3 is 0 Å². The van der Waals surface area contributed by atoms with Crippen LogP contribution in [0.4, 0.5) is 5.69 Å². The Balaban J connectivity index is 1.76. The van der Waals surface area contributed by atoms with Gasteiger partial charge < -0.3 is 4.74 Å². The zero-order valence-electron chi connectivity index (χ0n) is 11.7. The molecule has 0 spiro atoms. The minimum atomic E-state index is -3.74. The van der Waals surface area contributed by atoms with Gasteiger partial charge in [-0.05, 0) is 37.0 Å². The van der Waals surface area contributed by atoms with Crippen LogP contribution in [0.3, 0.4) is 0 Å². The van der Waals surface area contributed by atoms with E-state index in [4.69, 9.17) is 16.3 Å². The number of sulfonamides is 1. The molecular formula is C15H15ClN2O3S. The molecule has 0 atom stereocenters. The minimum absolute atomic E-state index is 0.0360. The Kier molecular flexibility index (Phi) is 4.22. The van der Waals surface area contributed by atoms with Gasteiger partial charge in [0, 0.05) is 12.3 Å². The van der Waals surface area contributed by atoms with E-state index in [0.29, 0.717) is 24.1 Å². The third-order valence-corrected chi connectivity index (χ3v) is 5.16. The van der Waals surface area contributed by atoms with Crippen molar-refractivity contribution in [2.45, 2.75) is 17.7 Å². The number of ether oxygens (including phenoxy) is 1. The summed E-state index contributed by atoms with van der Waals surface area (Å²) < 4.78 is 32.7. The fourth-order valence-electron chi connectivity index (χ4n) is 1.91. The number of nitrogens with zero attached hydrogens (tertiary/aromatic N) is 1. The average Bonchev–Trinajstić information content (AvgIpc) is 3.29. The highest BCUT2D eigenvalue weighted by Crippen LogP contribution is 2.30. The lowest BCUT2D eigenvalue weighted by Crippen LogP contribution is -2.13. The fourth-order valence-corrected chi connectivity index (χ4v) is 3.48. The second-order valence-corrected chi connectivity index (χ2v) is 7.23. The van der Waals surface area contributed by atoms with Crippen molar-refractivity contribution in [2.75, 3.05) is 11.3 Å². The normalized spacial score (nSPS) is 14.6. The van der Waals surface area contributed by atoms with Crippen molar-refractivity contribution >= 4 is 27.3 Å². The number of hydrogen-bond acceptors (Lipinski definition) is 4. The van der Waals surface area contributed by atoms with Gasteiger partial charge in [-0.3, -0.25) is 4.72 Å². The van der Waals surface area contributed by atoms with Gasteiger partial charge in [-0.2, -0.15) is 0 Å². The van der Waals surface area contributed by atoms with Crippen molar-refractivity contribution in [3.05, 3.63) is 47.6 Å². The number of hydrogen-bond donors (Lipinski definition) is 1. The quantitative estimate of drug-likeness (QED) is 0.877. The highest BCUT2D eigenvalue weighted by atomic mass is 35.5. The molecule has 116 valence electrons. The molecular weight excluding hydrogens is 324 g/mol. The highest BCUT2D eigenvalue weighted by molar-refractivity contribution is 7.92. The van der Waals surface area contributed by atoms with Crippen LogP contribution in [0.15, 0.2) is 47.5 Å². The lowest BCUT2D eigenvalue weighted by atomic mass is 10.4. The molecule has 1 saturated carbocycles. The molecule has 1 aromatic carbocycles. The molecule has 1 N–H and O–H groups in total. The minimum Gasteiger partial charge on any atom is -0.477 e. The van der Waals surface area contributed by atoms with Crippen molar-refractivity contribution in [3.63, 3.8) is 0 Å². The Morgan fingerprint density at radius 1 is 1.27 bits per heavy atom. The lowest BCUT2D eigenvalue weighted by molar-refractivity contribution is 0.288. The van der Waals surface area contributed by atoms with Gasteiger partial charge in [-0.15, -0.1) is 0 Å². The maximum atomic E-state index is 12.4. The van der Waals surface area contributed by atoms with Crippen LogP contribution in [0, 0.1) is 5.92 Å². The van der Waals surface area contributed by atoms with E-state index in [9.17, 15) is 8.42 Å². The Morgan fingerprint density at radius 2 is 2.05 bits per heavy atom. The van der Waals surface area contributed by atoms with Gasteiger partial charge in [0.15, 0.2) is 0 Å². The third-order valence-electron chi connectivity index (χ3n) is 3.28. The molecule has 0 saturated heterocycles. The number of rotatable bonds is 6. The molecule has 0 unspecified atom stereocenters. The maximum Gasteiger partial charge on any atom is 0.263 e. The monoisotopic (exact) mass is 338 g/mol. The van der Waals surface area contributed by atoms with E-state index in [1.165, 1.54) is 31.2 Å². The first-order chi connectivity index (χ1) is 10.5. The summed E-state index contributed by atoms with van der Waals surface area (Å²) in [5, 5.41) is 0.175. The molecule has 2 aromatic rings. The molecule has 0 aliphatic heterocycles. The van der Waals surface area contributed by atoms with Crippen LogP contribution in [0.25, 0.3) is 0 Å². The van der Waals surface area contributed by atoms with E-state index >= 15 is 0 Å². The van der Waals surface area contributed by atoms with Crippen LogP contribution < -0.4 is 9.46 Å². The maximum absolute atomic E-state index is 12.4. The molecule has 1 aliphatic carbocycles. The van der Waals surface area contributed by atoms with Gasteiger partial charge in [0.1, 0.15) is 4.90 Å². The Bertz CT molecular complexity index is 776. The molecule has 3 rings (SSSR count). The van der Waals surface area contributed by atoms with E-state index in [-0.39, 0.29) is 9.92 Å². The zero-order chi connectivity index (χ0) is 15.6. The average molecular weight is 339 g/mol. The number of nitrogens with one attached hydrogen (secondary N) is 1. The van der Waals surface area contributed by atoms with Crippen molar-refractivity contribution in [2.24, 2.45) is 5.92 Å². The van der Waals surface area contributed by atoms with Crippen LogP contribution in [-0.2, 0) is 10.0 Å². The van der Waals surface area contributed by atoms with Crippen LogP contribution in [0.2, 0.25) is 5.02 Å². The number of benzene rings is 1. The van der Waals surface area contributed by atoms with Gasteiger partial charge in [0.25, 0.3) is 10.0 Å². The third kappa shape index (κ3) is 3.69. The van der Waals surface area contributed by atoms with E-state index in [0.717, 1.165) is 0 Å². The molecule has 7 heteroatoms. The second-order valence-electron chi connectivity index (χ2n) is 5.17. The highest BCUT2D eigenvalue weighted by Gasteiger charge is 2.22. The first-order valence-electron chi connectivity index (χ1n) is 6.91. The van der Waals surface area contributed by atoms with Gasteiger partial charge in [-0.25, -0.2) is 13.4 Å². The smallest absolute Gasteiger partial charge is 0.263 e. The van der Waals surface area contributed by atoms with E-state index < -0.39 is 10.0 Å².